The fraction of sp³-hybridized carbons (Fsp3) is 0.417. The summed E-state index contributed by atoms with van der Waals surface area (Å²) in [5.41, 5.74) is 0.247. The number of nitrogens with one attached hydrogen (secondary N) is 1. The van der Waals surface area contributed by atoms with E-state index in [1.807, 2.05) is 6.07 Å². The third-order valence-corrected chi connectivity index (χ3v) is 5.43. The Bertz CT molecular complexity index is 625. The van der Waals surface area contributed by atoms with Crippen LogP contribution in [0.5, 0.6) is 0 Å². The molecule has 0 spiro atoms. The van der Waals surface area contributed by atoms with Crippen LogP contribution < -0.4 is 4.72 Å². The van der Waals surface area contributed by atoms with Gasteiger partial charge in [-0.05, 0) is 31.0 Å². The number of hydrogen-bond donors (Lipinski definition) is 1. The Hall–Kier alpha value is -0.800. The lowest BCUT2D eigenvalue weighted by Gasteiger charge is -2.16. The Morgan fingerprint density at radius 1 is 1.37 bits per heavy atom. The van der Waals surface area contributed by atoms with Gasteiger partial charge in [-0.1, -0.05) is 18.0 Å². The van der Waals surface area contributed by atoms with Crippen molar-refractivity contribution in [1.29, 1.82) is 5.26 Å². The molecule has 0 radical (unpaired) electrons. The van der Waals surface area contributed by atoms with Gasteiger partial charge in [0, 0.05) is 11.4 Å². The average molecular weight is 319 g/mol. The highest BCUT2D eigenvalue weighted by molar-refractivity contribution is 7.89. The van der Waals surface area contributed by atoms with Gasteiger partial charge in [0.25, 0.3) is 0 Å². The number of nitrogens with zero attached hydrogens (tertiary/aromatic N) is 1. The van der Waals surface area contributed by atoms with Crippen molar-refractivity contribution in [2.24, 2.45) is 0 Å². The van der Waals surface area contributed by atoms with E-state index in [9.17, 15) is 8.42 Å². The number of hydrogen-bond acceptors (Lipinski definition) is 3. The van der Waals surface area contributed by atoms with Crippen LogP contribution in [0.4, 0.5) is 0 Å². The van der Waals surface area contributed by atoms with Gasteiger partial charge < -0.3 is 0 Å². The van der Waals surface area contributed by atoms with Gasteiger partial charge >= 0.3 is 0 Å². The van der Waals surface area contributed by atoms with E-state index in [4.69, 9.17) is 28.5 Å². The molecular weight excluding hydrogens is 307 g/mol. The summed E-state index contributed by atoms with van der Waals surface area (Å²) in [6, 6.07) is 5.67. The first-order valence-corrected chi connectivity index (χ1v) is 8.10. The third kappa shape index (κ3) is 3.21. The first-order chi connectivity index (χ1) is 8.94. The van der Waals surface area contributed by atoms with Crippen LogP contribution in [-0.4, -0.2) is 19.8 Å². The number of nitriles is 1. The molecule has 0 saturated heterocycles. The molecule has 1 saturated carbocycles. The summed E-state index contributed by atoms with van der Waals surface area (Å²) < 4.78 is 26.9. The lowest BCUT2D eigenvalue weighted by atomic mass is 10.2. The third-order valence-electron chi connectivity index (χ3n) is 3.11. The zero-order chi connectivity index (χ0) is 14.0. The van der Waals surface area contributed by atoms with Gasteiger partial charge in [0.2, 0.25) is 10.0 Å². The second-order valence-corrected chi connectivity index (χ2v) is 7.11. The highest BCUT2D eigenvalue weighted by Crippen LogP contribution is 2.26. The fourth-order valence-electron chi connectivity index (χ4n) is 2.07. The van der Waals surface area contributed by atoms with E-state index in [-0.39, 0.29) is 26.9 Å². The molecular formula is C12H12Cl2N2O2S. The molecule has 1 aliphatic carbocycles. The summed E-state index contributed by atoms with van der Waals surface area (Å²) in [6.07, 6.45) is 2.45. The molecule has 0 aromatic heterocycles. The van der Waals surface area contributed by atoms with Crippen LogP contribution in [0.2, 0.25) is 5.02 Å². The lowest BCUT2D eigenvalue weighted by molar-refractivity contribution is 0.554. The summed E-state index contributed by atoms with van der Waals surface area (Å²) in [6.45, 7) is 0. The quantitative estimate of drug-likeness (QED) is 0.871. The molecule has 0 heterocycles. The van der Waals surface area contributed by atoms with E-state index in [2.05, 4.69) is 4.72 Å². The summed E-state index contributed by atoms with van der Waals surface area (Å²) >= 11 is 11.9. The fourth-order valence-corrected chi connectivity index (χ4v) is 4.11. The predicted octanol–water partition coefficient (Wildman–Crippen LogP) is 2.65. The van der Waals surface area contributed by atoms with Crippen LogP contribution in [0.3, 0.4) is 0 Å². The van der Waals surface area contributed by atoms with E-state index >= 15 is 0 Å². The van der Waals surface area contributed by atoms with Crippen molar-refractivity contribution >= 4 is 33.2 Å². The molecule has 2 atom stereocenters. The van der Waals surface area contributed by atoms with Crippen LogP contribution in [0.15, 0.2) is 23.1 Å². The maximum atomic E-state index is 12.2. The molecule has 102 valence electrons. The minimum absolute atomic E-state index is 0.0484. The van der Waals surface area contributed by atoms with E-state index in [0.29, 0.717) is 0 Å². The van der Waals surface area contributed by atoms with Gasteiger partial charge in [0.1, 0.15) is 6.07 Å². The van der Waals surface area contributed by atoms with E-state index in [1.54, 1.807) is 0 Å². The van der Waals surface area contributed by atoms with Crippen molar-refractivity contribution in [1.82, 2.24) is 4.72 Å². The number of sulfonamides is 1. The monoisotopic (exact) mass is 318 g/mol. The van der Waals surface area contributed by atoms with Gasteiger partial charge in [0.05, 0.1) is 15.5 Å². The Kier molecular flexibility index (Phi) is 4.36. The number of rotatable bonds is 3. The zero-order valence-electron chi connectivity index (χ0n) is 9.94. The Labute approximate surface area is 122 Å². The molecule has 0 aliphatic heterocycles. The SMILES string of the molecule is N#Cc1ccc(S(=O)(=O)NC2CCCC2Cl)cc1Cl. The van der Waals surface area contributed by atoms with Crippen LogP contribution in [0.1, 0.15) is 24.8 Å². The van der Waals surface area contributed by atoms with Gasteiger partial charge in [0.15, 0.2) is 0 Å². The van der Waals surface area contributed by atoms with Crippen LogP contribution in [-0.2, 0) is 10.0 Å². The second-order valence-electron chi connectivity index (χ2n) is 4.43. The molecule has 0 amide bonds. The molecule has 1 aromatic carbocycles. The number of benzene rings is 1. The topological polar surface area (TPSA) is 70.0 Å². The van der Waals surface area contributed by atoms with E-state index in [0.717, 1.165) is 19.3 Å². The number of halogens is 2. The van der Waals surface area contributed by atoms with Crippen molar-refractivity contribution < 1.29 is 8.42 Å². The summed E-state index contributed by atoms with van der Waals surface area (Å²) in [5.74, 6) is 0. The second kappa shape index (κ2) is 5.68. The maximum Gasteiger partial charge on any atom is 0.240 e. The van der Waals surface area contributed by atoms with Gasteiger partial charge in [-0.3, -0.25) is 0 Å². The van der Waals surface area contributed by atoms with Gasteiger partial charge in [-0.2, -0.15) is 5.26 Å². The first kappa shape index (κ1) is 14.6. The summed E-state index contributed by atoms with van der Waals surface area (Å²) in [7, 11) is -3.65. The molecule has 1 fully saturated rings. The maximum absolute atomic E-state index is 12.2. The molecule has 7 heteroatoms. The highest BCUT2D eigenvalue weighted by atomic mass is 35.5. The minimum Gasteiger partial charge on any atom is -0.207 e. The lowest BCUT2D eigenvalue weighted by Crippen LogP contribution is -2.37. The van der Waals surface area contributed by atoms with Crippen molar-refractivity contribution in [2.45, 2.75) is 35.6 Å². The van der Waals surface area contributed by atoms with E-state index in [1.165, 1.54) is 18.2 Å². The number of alkyl halides is 1. The van der Waals surface area contributed by atoms with Crippen molar-refractivity contribution in [3.05, 3.63) is 28.8 Å². The summed E-state index contributed by atoms with van der Waals surface area (Å²) in [5, 5.41) is 8.71. The van der Waals surface area contributed by atoms with Crippen molar-refractivity contribution in [3.63, 3.8) is 0 Å². The van der Waals surface area contributed by atoms with Crippen molar-refractivity contribution in [2.75, 3.05) is 0 Å². The van der Waals surface area contributed by atoms with E-state index < -0.39 is 10.0 Å². The van der Waals surface area contributed by atoms with Crippen molar-refractivity contribution in [3.8, 4) is 6.07 Å². The van der Waals surface area contributed by atoms with Crippen LogP contribution in [0.25, 0.3) is 0 Å². The average Bonchev–Trinajstić information content (AvgIpc) is 2.74. The predicted molar refractivity (Wildman–Crippen MR) is 73.8 cm³/mol. The van der Waals surface area contributed by atoms with Crippen LogP contribution >= 0.6 is 23.2 Å². The van der Waals surface area contributed by atoms with Gasteiger partial charge in [-0.25, -0.2) is 13.1 Å². The minimum atomic E-state index is -3.65. The van der Waals surface area contributed by atoms with Gasteiger partial charge in [-0.15, -0.1) is 11.6 Å². The molecule has 1 aliphatic rings. The molecule has 19 heavy (non-hydrogen) atoms. The zero-order valence-corrected chi connectivity index (χ0v) is 12.3. The normalized spacial score (nSPS) is 23.2. The Balaban J connectivity index is 2.25. The Morgan fingerprint density at radius 3 is 2.63 bits per heavy atom. The Morgan fingerprint density at radius 2 is 2.11 bits per heavy atom. The van der Waals surface area contributed by atoms with Crippen LogP contribution in [0, 0.1) is 11.3 Å². The highest BCUT2D eigenvalue weighted by Gasteiger charge is 2.30. The standard InChI is InChI=1S/C12H12Cl2N2O2S/c13-10-2-1-3-12(10)16-19(17,18)9-5-4-8(7-15)11(14)6-9/h4-6,10,12,16H,1-3H2. The summed E-state index contributed by atoms with van der Waals surface area (Å²) in [4.78, 5) is 0.0484. The molecule has 1 aromatic rings. The first-order valence-electron chi connectivity index (χ1n) is 5.80. The molecule has 2 rings (SSSR count). The molecule has 1 N–H and O–H groups in total. The molecule has 0 bridgehead atoms. The largest absolute Gasteiger partial charge is 0.240 e. The molecule has 4 nitrogen and oxygen atoms in total. The molecule has 2 unspecified atom stereocenters. The smallest absolute Gasteiger partial charge is 0.207 e.